The van der Waals surface area contributed by atoms with Gasteiger partial charge < -0.3 is 9.66 Å². The Kier molecular flexibility index (Phi) is 13.6. The van der Waals surface area contributed by atoms with Gasteiger partial charge in [-0.2, -0.15) is 0 Å². The number of carboxylic acids is 1. The van der Waals surface area contributed by atoms with Crippen molar-refractivity contribution >= 4 is 43.4 Å². The fraction of sp³-hybridized carbons (Fsp3) is 0.882. The lowest BCUT2D eigenvalue weighted by atomic mass is 10.1. The zero-order valence-corrected chi connectivity index (χ0v) is 17.2. The van der Waals surface area contributed by atoms with E-state index >= 15 is 0 Å². The number of aliphatic carboxylic acids is 1. The van der Waals surface area contributed by atoms with E-state index in [2.05, 4.69) is 6.92 Å². The fourth-order valence-corrected chi connectivity index (χ4v) is 5.29. The van der Waals surface area contributed by atoms with Crippen LogP contribution >= 0.6 is 23.0 Å². The number of hydrogen-bond acceptors (Lipinski definition) is 4. The largest absolute Gasteiger partial charge is 0.600 e. The van der Waals surface area contributed by atoms with Crippen molar-refractivity contribution in [3.05, 3.63) is 0 Å². The van der Waals surface area contributed by atoms with Crippen LogP contribution in [-0.4, -0.2) is 24.6 Å². The molecule has 0 aliphatic rings. The molecule has 0 heterocycles. The summed E-state index contributed by atoms with van der Waals surface area (Å²) < 4.78 is 11.5. The molecule has 0 fully saturated rings. The number of hydrogen-bond donors (Lipinski definition) is 1. The summed E-state index contributed by atoms with van der Waals surface area (Å²) in [6.45, 7) is 5.35. The van der Waals surface area contributed by atoms with Crippen molar-refractivity contribution in [1.29, 1.82) is 0 Å². The van der Waals surface area contributed by atoms with Gasteiger partial charge in [0.2, 0.25) is 4.20 Å². The maximum absolute atomic E-state index is 12.0. The fourth-order valence-electron chi connectivity index (χ4n) is 2.11. The van der Waals surface area contributed by atoms with Crippen LogP contribution in [0.15, 0.2) is 0 Å². The molecule has 136 valence electrons. The third-order valence-electron chi connectivity index (χ3n) is 3.72. The van der Waals surface area contributed by atoms with Crippen LogP contribution in [0.2, 0.25) is 0 Å². The molecule has 0 saturated carbocycles. The van der Waals surface area contributed by atoms with Gasteiger partial charge in [-0.15, -0.1) is 0 Å². The highest BCUT2D eigenvalue weighted by Crippen LogP contribution is 2.32. The molecule has 6 heteroatoms. The third kappa shape index (κ3) is 12.3. The minimum absolute atomic E-state index is 0.490. The first kappa shape index (κ1) is 23.2. The van der Waals surface area contributed by atoms with Crippen LogP contribution in [0.3, 0.4) is 0 Å². The Morgan fingerprint density at radius 3 is 1.91 bits per heavy atom. The van der Waals surface area contributed by atoms with Crippen LogP contribution in [0.25, 0.3) is 0 Å². The van der Waals surface area contributed by atoms with Gasteiger partial charge in [-0.25, -0.2) is 0 Å². The molecule has 0 aromatic heterocycles. The van der Waals surface area contributed by atoms with E-state index < -0.39 is 20.9 Å². The Labute approximate surface area is 154 Å². The summed E-state index contributed by atoms with van der Waals surface area (Å²) in [5.41, 5.74) is 0. The molecule has 23 heavy (non-hydrogen) atoms. The smallest absolute Gasteiger partial charge is 0.323 e. The van der Waals surface area contributed by atoms with E-state index in [-0.39, 0.29) is 0 Å². The molecule has 0 saturated heterocycles. The summed E-state index contributed by atoms with van der Waals surface area (Å²) in [6.07, 6.45) is 13.2. The summed E-state index contributed by atoms with van der Waals surface area (Å²) in [4.78, 5) is 11.0. The molecule has 0 aliphatic carbocycles. The van der Waals surface area contributed by atoms with Crippen LogP contribution < -0.4 is 0 Å². The van der Waals surface area contributed by atoms with Crippen LogP contribution in [0.5, 0.6) is 0 Å². The van der Waals surface area contributed by atoms with Crippen molar-refractivity contribution in [1.82, 2.24) is 0 Å². The van der Waals surface area contributed by atoms with Gasteiger partial charge in [0, 0.05) is 6.42 Å². The quantitative estimate of drug-likeness (QED) is 0.176. The van der Waals surface area contributed by atoms with E-state index in [1.807, 2.05) is 0 Å². The molecule has 0 rings (SSSR count). The number of unbranched alkanes of at least 4 members (excludes halogenated alkanes) is 9. The minimum Gasteiger partial charge on any atom is -0.600 e. The second kappa shape index (κ2) is 13.5. The zero-order chi connectivity index (χ0) is 17.7. The SMILES string of the molecule is CCCCCCCCCCCCC(=S)[S+]([O-])SC(C)(C)C(=O)O. The van der Waals surface area contributed by atoms with Crippen LogP contribution in [0.1, 0.15) is 91.4 Å². The molecule has 1 unspecified atom stereocenters. The minimum atomic E-state index is -1.40. The van der Waals surface area contributed by atoms with Crippen molar-refractivity contribution in [2.75, 3.05) is 0 Å². The van der Waals surface area contributed by atoms with E-state index in [0.29, 0.717) is 10.6 Å². The van der Waals surface area contributed by atoms with E-state index in [0.717, 1.165) is 23.6 Å². The molecular formula is C17H32O3S3. The Balaban J connectivity index is 3.61. The topological polar surface area (TPSA) is 60.4 Å². The Hall–Kier alpha value is 0.220. The highest BCUT2D eigenvalue weighted by molar-refractivity contribution is 8.79. The predicted octanol–water partition coefficient (Wildman–Crippen LogP) is 5.88. The first-order valence-corrected chi connectivity index (χ1v) is 11.6. The van der Waals surface area contributed by atoms with Gasteiger partial charge >= 0.3 is 5.97 Å². The number of carbonyl (C=O) groups is 1. The molecule has 0 aromatic carbocycles. The van der Waals surface area contributed by atoms with Crippen LogP contribution in [0.4, 0.5) is 0 Å². The number of carboxylic acid groups (broad SMARTS) is 1. The van der Waals surface area contributed by atoms with Gasteiger partial charge in [-0.1, -0.05) is 64.7 Å². The van der Waals surface area contributed by atoms with Crippen molar-refractivity contribution in [3.8, 4) is 0 Å². The van der Waals surface area contributed by atoms with Crippen LogP contribution in [-0.2, 0) is 15.0 Å². The lowest BCUT2D eigenvalue weighted by Gasteiger charge is -2.18. The average Bonchev–Trinajstić information content (AvgIpc) is 2.48. The molecule has 3 nitrogen and oxygen atoms in total. The van der Waals surface area contributed by atoms with Crippen molar-refractivity contribution < 1.29 is 14.5 Å². The monoisotopic (exact) mass is 380 g/mol. The standard InChI is InChI=1S/C17H32O3S3/c1-4-5-6-7-8-9-10-11-12-13-14-15(21)23(20)22-17(2,3)16(18)19/h4-14H2,1-3H3,(H,18,19). The number of thiocarbonyl (C=S) groups is 1. The maximum Gasteiger partial charge on any atom is 0.323 e. The first-order chi connectivity index (χ1) is 10.8. The molecule has 1 atom stereocenters. The lowest BCUT2D eigenvalue weighted by Crippen LogP contribution is -2.30. The van der Waals surface area contributed by atoms with Crippen molar-refractivity contribution in [2.45, 2.75) is 96.1 Å². The van der Waals surface area contributed by atoms with E-state index in [4.69, 9.17) is 17.3 Å². The molecule has 0 radical (unpaired) electrons. The summed E-state index contributed by atoms with van der Waals surface area (Å²) in [5.74, 6) is -0.961. The van der Waals surface area contributed by atoms with E-state index in [9.17, 15) is 9.35 Å². The molecule has 0 bridgehead atoms. The Bertz CT molecular complexity index is 346. The molecule has 0 amide bonds. The second-order valence-corrected chi connectivity index (χ2v) is 10.7. The predicted molar refractivity (Wildman–Crippen MR) is 107 cm³/mol. The van der Waals surface area contributed by atoms with Gasteiger partial charge in [0.15, 0.2) is 4.75 Å². The zero-order valence-electron chi connectivity index (χ0n) is 14.8. The van der Waals surface area contributed by atoms with Gasteiger partial charge in [0.1, 0.15) is 10.8 Å². The van der Waals surface area contributed by atoms with Crippen LogP contribution in [0, 0.1) is 0 Å². The van der Waals surface area contributed by atoms with E-state index in [1.165, 1.54) is 51.4 Å². The first-order valence-electron chi connectivity index (χ1n) is 8.68. The van der Waals surface area contributed by atoms with Crippen molar-refractivity contribution in [3.63, 3.8) is 0 Å². The highest BCUT2D eigenvalue weighted by atomic mass is 33.1. The van der Waals surface area contributed by atoms with Gasteiger partial charge in [0.05, 0.1) is 10.2 Å². The molecule has 0 aromatic rings. The van der Waals surface area contributed by atoms with Crippen molar-refractivity contribution in [2.24, 2.45) is 0 Å². The molecule has 0 spiro atoms. The molecule has 1 N–H and O–H groups in total. The summed E-state index contributed by atoms with van der Waals surface area (Å²) in [5, 5.41) is 9.04. The normalized spacial score (nSPS) is 13.0. The highest BCUT2D eigenvalue weighted by Gasteiger charge is 2.37. The third-order valence-corrected chi connectivity index (χ3v) is 8.32. The van der Waals surface area contributed by atoms with Gasteiger partial charge in [-0.3, -0.25) is 4.79 Å². The Morgan fingerprint density at radius 1 is 1.04 bits per heavy atom. The van der Waals surface area contributed by atoms with Gasteiger partial charge in [0.25, 0.3) is 0 Å². The lowest BCUT2D eigenvalue weighted by molar-refractivity contribution is -0.138. The number of rotatable bonds is 14. The molecular weight excluding hydrogens is 348 g/mol. The summed E-state index contributed by atoms with van der Waals surface area (Å²) in [7, 11) is -0.470. The average molecular weight is 381 g/mol. The second-order valence-electron chi connectivity index (χ2n) is 6.44. The Morgan fingerprint density at radius 2 is 1.48 bits per heavy atom. The maximum atomic E-state index is 12.0. The summed E-state index contributed by atoms with van der Waals surface area (Å²) >= 11 is 5.18. The van der Waals surface area contributed by atoms with Gasteiger partial charge in [-0.05, 0) is 32.5 Å². The summed E-state index contributed by atoms with van der Waals surface area (Å²) in [6, 6.07) is 0. The molecule has 0 aliphatic heterocycles. The van der Waals surface area contributed by atoms with E-state index in [1.54, 1.807) is 13.8 Å².